The average molecular weight is 512 g/mol. The molecule has 0 saturated carbocycles. The Balaban J connectivity index is 1.27. The Kier molecular flexibility index (Phi) is 6.14. The Labute approximate surface area is 207 Å². The monoisotopic (exact) mass is 511 g/mol. The molecule has 10 nitrogen and oxygen atoms in total. The van der Waals surface area contributed by atoms with Gasteiger partial charge in [-0.2, -0.15) is 0 Å². The number of hydrogen-bond acceptors (Lipinski definition) is 8. The van der Waals surface area contributed by atoms with Crippen molar-refractivity contribution in [2.45, 2.75) is 18.8 Å². The van der Waals surface area contributed by atoms with E-state index in [1.807, 2.05) is 0 Å². The number of thiazole rings is 1. The fourth-order valence-corrected chi connectivity index (χ4v) is 4.75. The molecule has 184 valence electrons. The number of anilines is 1. The van der Waals surface area contributed by atoms with Gasteiger partial charge >= 0.3 is 6.03 Å². The van der Waals surface area contributed by atoms with Crippen LogP contribution in [0, 0.1) is 11.6 Å². The topological polar surface area (TPSA) is 111 Å². The number of nitrogens with one attached hydrogen (secondary N) is 1. The first-order valence-electron chi connectivity index (χ1n) is 10.8. The summed E-state index contributed by atoms with van der Waals surface area (Å²) in [6.07, 6.45) is 2.21. The molecule has 0 spiro atoms. The van der Waals surface area contributed by atoms with Crippen LogP contribution in [0.15, 0.2) is 53.0 Å². The minimum Gasteiger partial charge on any atom is -0.338 e. The van der Waals surface area contributed by atoms with E-state index in [2.05, 4.69) is 20.3 Å². The first-order valence-corrected chi connectivity index (χ1v) is 11.7. The van der Waals surface area contributed by atoms with Crippen molar-refractivity contribution in [2.75, 3.05) is 18.9 Å². The highest BCUT2D eigenvalue weighted by atomic mass is 32.1. The number of benzene rings is 1. The minimum atomic E-state index is -0.992. The van der Waals surface area contributed by atoms with Crippen molar-refractivity contribution in [1.82, 2.24) is 24.7 Å². The summed E-state index contributed by atoms with van der Waals surface area (Å²) in [6, 6.07) is 7.28. The Morgan fingerprint density at radius 2 is 2.00 bits per heavy atom. The Bertz CT molecular complexity index is 1370. The van der Waals surface area contributed by atoms with Crippen LogP contribution in [0.1, 0.15) is 5.69 Å². The van der Waals surface area contributed by atoms with E-state index in [0.717, 1.165) is 28.4 Å². The maximum atomic E-state index is 13.5. The quantitative estimate of drug-likeness (QED) is 0.545. The van der Waals surface area contributed by atoms with Crippen LogP contribution in [0.5, 0.6) is 0 Å². The first-order chi connectivity index (χ1) is 17.3. The molecule has 3 aromatic rings. The molecule has 2 unspecified atom stereocenters. The zero-order valence-electron chi connectivity index (χ0n) is 18.8. The molecule has 0 radical (unpaired) electrons. The lowest BCUT2D eigenvalue weighted by Gasteiger charge is -2.40. The van der Waals surface area contributed by atoms with Gasteiger partial charge < -0.3 is 15.1 Å². The number of fused-ring (bicyclic) bond motifs is 1. The van der Waals surface area contributed by atoms with Crippen molar-refractivity contribution >= 4 is 41.3 Å². The van der Waals surface area contributed by atoms with Crippen molar-refractivity contribution in [3.05, 3.63) is 65.3 Å². The molecule has 1 N–H and O–H groups in total. The minimum absolute atomic E-state index is 0.00230. The number of carbonyl (C=O) groups is 3. The highest BCUT2D eigenvalue weighted by Gasteiger charge is 2.50. The molecule has 0 bridgehead atoms. The van der Waals surface area contributed by atoms with Crippen molar-refractivity contribution in [3.8, 4) is 10.6 Å². The van der Waals surface area contributed by atoms with Crippen LogP contribution in [0.4, 0.5) is 19.4 Å². The summed E-state index contributed by atoms with van der Waals surface area (Å²) in [5, 5.41) is 4.61. The Hall–Kier alpha value is -4.26. The number of urea groups is 1. The molecule has 1 aromatic carbocycles. The molecule has 1 saturated heterocycles. The SMILES string of the molecule is CN1C(=O)N(Cc2ccccn2)C(=O)C2C1N=CN2CC(=O)Nc1csc(-c2ccc(F)c(F)c2)n1. The third kappa shape index (κ3) is 4.40. The van der Waals surface area contributed by atoms with Crippen LogP contribution >= 0.6 is 11.3 Å². The Morgan fingerprint density at radius 3 is 2.75 bits per heavy atom. The van der Waals surface area contributed by atoms with E-state index in [1.54, 1.807) is 36.8 Å². The van der Waals surface area contributed by atoms with Gasteiger partial charge in [-0.15, -0.1) is 11.3 Å². The smallest absolute Gasteiger partial charge is 0.328 e. The highest BCUT2D eigenvalue weighted by Crippen LogP contribution is 2.28. The summed E-state index contributed by atoms with van der Waals surface area (Å²) in [6.45, 7) is -0.217. The van der Waals surface area contributed by atoms with Gasteiger partial charge in [-0.25, -0.2) is 23.6 Å². The van der Waals surface area contributed by atoms with Gasteiger partial charge in [0.25, 0.3) is 5.91 Å². The summed E-state index contributed by atoms with van der Waals surface area (Å²) >= 11 is 1.16. The van der Waals surface area contributed by atoms with Crippen molar-refractivity contribution in [3.63, 3.8) is 0 Å². The molecule has 13 heteroatoms. The lowest BCUT2D eigenvalue weighted by atomic mass is 10.1. The van der Waals surface area contributed by atoms with Crippen LogP contribution in [-0.2, 0) is 16.1 Å². The fourth-order valence-electron chi connectivity index (χ4n) is 4.00. The largest absolute Gasteiger partial charge is 0.338 e. The third-order valence-corrected chi connectivity index (χ3v) is 6.66. The number of likely N-dealkylation sites (N-methyl/N-ethyl adjacent to an activating group) is 1. The average Bonchev–Trinajstić information content (AvgIpc) is 3.50. The molecule has 2 aliphatic rings. The summed E-state index contributed by atoms with van der Waals surface area (Å²) in [5.74, 6) is -2.66. The lowest BCUT2D eigenvalue weighted by Crippen LogP contribution is -2.64. The van der Waals surface area contributed by atoms with Gasteiger partial charge in [0.05, 0.1) is 25.1 Å². The summed E-state index contributed by atoms with van der Waals surface area (Å²) in [7, 11) is 1.55. The number of carbonyl (C=O) groups excluding carboxylic acids is 3. The number of pyridine rings is 1. The third-order valence-electron chi connectivity index (χ3n) is 5.77. The molecule has 1 fully saturated rings. The van der Waals surface area contributed by atoms with E-state index in [0.29, 0.717) is 16.3 Å². The van der Waals surface area contributed by atoms with E-state index in [1.165, 1.54) is 22.2 Å². The van der Waals surface area contributed by atoms with Gasteiger partial charge in [0, 0.05) is 24.2 Å². The summed E-state index contributed by atoms with van der Waals surface area (Å²) in [4.78, 5) is 55.4. The molecule has 2 aliphatic heterocycles. The van der Waals surface area contributed by atoms with Crippen molar-refractivity contribution in [1.29, 1.82) is 0 Å². The van der Waals surface area contributed by atoms with Crippen molar-refractivity contribution < 1.29 is 23.2 Å². The lowest BCUT2D eigenvalue weighted by molar-refractivity contribution is -0.138. The van der Waals surface area contributed by atoms with Crippen LogP contribution in [0.3, 0.4) is 0 Å². The second kappa shape index (κ2) is 9.41. The number of amides is 4. The number of halogens is 2. The normalized spacial score (nSPS) is 19.1. The number of nitrogens with zero attached hydrogens (tertiary/aromatic N) is 6. The molecule has 4 heterocycles. The summed E-state index contributed by atoms with van der Waals surface area (Å²) < 4.78 is 26.7. The zero-order chi connectivity index (χ0) is 25.4. The van der Waals surface area contributed by atoms with E-state index >= 15 is 0 Å². The van der Waals surface area contributed by atoms with Gasteiger partial charge in [0.15, 0.2) is 23.8 Å². The predicted molar refractivity (Wildman–Crippen MR) is 127 cm³/mol. The molecule has 4 amide bonds. The van der Waals surface area contributed by atoms with Gasteiger partial charge in [-0.05, 0) is 30.3 Å². The Morgan fingerprint density at radius 1 is 1.17 bits per heavy atom. The maximum Gasteiger partial charge on any atom is 0.328 e. The van der Waals surface area contributed by atoms with E-state index in [-0.39, 0.29) is 18.9 Å². The predicted octanol–water partition coefficient (Wildman–Crippen LogP) is 2.55. The van der Waals surface area contributed by atoms with E-state index in [4.69, 9.17) is 0 Å². The fraction of sp³-hybridized carbons (Fsp3) is 0.217. The number of hydrogen-bond donors (Lipinski definition) is 1. The molecular formula is C23H19F2N7O3S. The van der Waals surface area contributed by atoms with Gasteiger partial charge in [0.2, 0.25) is 5.91 Å². The highest BCUT2D eigenvalue weighted by molar-refractivity contribution is 7.13. The zero-order valence-corrected chi connectivity index (χ0v) is 19.7. The molecule has 2 aromatic heterocycles. The second-order valence-electron chi connectivity index (χ2n) is 8.15. The van der Waals surface area contributed by atoms with Crippen LogP contribution < -0.4 is 5.32 Å². The number of aliphatic imine (C=N–C) groups is 1. The van der Waals surface area contributed by atoms with Crippen LogP contribution in [0.25, 0.3) is 10.6 Å². The van der Waals surface area contributed by atoms with E-state index < -0.39 is 41.7 Å². The number of aromatic nitrogens is 2. The first kappa shape index (κ1) is 23.5. The number of rotatable bonds is 6. The maximum absolute atomic E-state index is 13.5. The molecule has 2 atom stereocenters. The van der Waals surface area contributed by atoms with Gasteiger partial charge in [-0.1, -0.05) is 6.07 Å². The molecular weight excluding hydrogens is 492 g/mol. The van der Waals surface area contributed by atoms with Crippen LogP contribution in [-0.4, -0.2) is 74.7 Å². The van der Waals surface area contributed by atoms with Crippen LogP contribution in [0.2, 0.25) is 0 Å². The molecule has 5 rings (SSSR count). The van der Waals surface area contributed by atoms with E-state index in [9.17, 15) is 23.2 Å². The summed E-state index contributed by atoms with van der Waals surface area (Å²) in [5.41, 5.74) is 0.928. The molecule has 36 heavy (non-hydrogen) atoms. The van der Waals surface area contributed by atoms with Gasteiger partial charge in [-0.3, -0.25) is 19.5 Å². The van der Waals surface area contributed by atoms with Crippen molar-refractivity contribution in [2.24, 2.45) is 4.99 Å². The number of imide groups is 1. The standard InChI is InChI=1S/C23H19F2N7O3S/c1-30-20-19(22(34)32(23(30)35)9-14-4-2-3-7-26-14)31(12-27-20)10-18(33)28-17-11-36-21(29-17)13-5-6-15(24)16(25)8-13/h2-8,11-12,19-20H,9-10H2,1H3,(H,28,33). The molecule has 0 aliphatic carbocycles. The second-order valence-corrected chi connectivity index (χ2v) is 9.01. The van der Waals surface area contributed by atoms with Gasteiger partial charge in [0.1, 0.15) is 10.8 Å².